The molecule has 2 aromatic heterocycles. The van der Waals surface area contributed by atoms with Gasteiger partial charge >= 0.3 is 12.2 Å². The van der Waals surface area contributed by atoms with Crippen LogP contribution in [0.3, 0.4) is 0 Å². The van der Waals surface area contributed by atoms with Crippen LogP contribution in [-0.4, -0.2) is 25.7 Å². The third-order valence-corrected chi connectivity index (χ3v) is 4.91. The minimum absolute atomic E-state index is 0.175. The Hall–Kier alpha value is -4.06. The van der Waals surface area contributed by atoms with Gasteiger partial charge in [-0.1, -0.05) is 6.07 Å². The van der Waals surface area contributed by atoms with Crippen molar-refractivity contribution in [1.29, 1.82) is 5.26 Å². The molecule has 0 spiro atoms. The lowest BCUT2D eigenvalue weighted by Crippen LogP contribution is -2.08. The molecular formula is C23H18F3N5O. The number of nitriles is 1. The zero-order valence-electron chi connectivity index (χ0n) is 17.3. The minimum Gasteiger partial charge on any atom is -0.465 e. The number of hydrogen-bond donors (Lipinski definition) is 0. The molecule has 4 rings (SSSR count). The minimum atomic E-state index is -4.47. The molecule has 0 N–H and O–H groups in total. The average Bonchev–Trinajstić information content (AvgIpc) is 3.38. The molecule has 32 heavy (non-hydrogen) atoms. The van der Waals surface area contributed by atoms with E-state index in [9.17, 15) is 13.2 Å². The van der Waals surface area contributed by atoms with Crippen molar-refractivity contribution in [2.45, 2.75) is 20.0 Å². The van der Waals surface area contributed by atoms with E-state index in [1.54, 1.807) is 65.7 Å². The first-order valence-electron chi connectivity index (χ1n) is 9.77. The van der Waals surface area contributed by atoms with Crippen molar-refractivity contribution in [2.75, 3.05) is 6.61 Å². The normalized spacial score (nSPS) is 11.4. The number of rotatable bonds is 5. The van der Waals surface area contributed by atoms with Gasteiger partial charge < -0.3 is 4.74 Å². The lowest BCUT2D eigenvalue weighted by molar-refractivity contribution is -0.137. The van der Waals surface area contributed by atoms with Crippen LogP contribution in [0.5, 0.6) is 6.01 Å². The van der Waals surface area contributed by atoms with E-state index < -0.39 is 11.7 Å². The summed E-state index contributed by atoms with van der Waals surface area (Å²) < 4.78 is 48.8. The maximum absolute atomic E-state index is 13.3. The van der Waals surface area contributed by atoms with Crippen molar-refractivity contribution < 1.29 is 17.9 Å². The van der Waals surface area contributed by atoms with Crippen LogP contribution in [0.25, 0.3) is 22.9 Å². The molecule has 0 saturated carbocycles. The third kappa shape index (κ3) is 3.83. The highest BCUT2D eigenvalue weighted by molar-refractivity contribution is 5.61. The molecule has 0 aliphatic rings. The second-order valence-electron chi connectivity index (χ2n) is 6.92. The number of alkyl halides is 3. The van der Waals surface area contributed by atoms with Crippen LogP contribution in [0.1, 0.15) is 23.7 Å². The number of aromatic nitrogens is 4. The molecule has 0 aliphatic carbocycles. The van der Waals surface area contributed by atoms with Crippen LogP contribution in [-0.2, 0) is 6.18 Å². The van der Waals surface area contributed by atoms with Crippen molar-refractivity contribution in [2.24, 2.45) is 0 Å². The average molecular weight is 437 g/mol. The first-order chi connectivity index (χ1) is 15.3. The van der Waals surface area contributed by atoms with Gasteiger partial charge in [0.25, 0.3) is 0 Å². The smallest absolute Gasteiger partial charge is 0.416 e. The van der Waals surface area contributed by atoms with Gasteiger partial charge in [0.1, 0.15) is 5.69 Å². The lowest BCUT2D eigenvalue weighted by Gasteiger charge is -2.13. The summed E-state index contributed by atoms with van der Waals surface area (Å²) in [4.78, 5) is 8.97. The summed E-state index contributed by atoms with van der Waals surface area (Å²) in [6.07, 6.45) is -1.11. The largest absolute Gasteiger partial charge is 0.465 e. The van der Waals surface area contributed by atoms with Crippen LogP contribution in [0, 0.1) is 18.3 Å². The Balaban J connectivity index is 1.86. The lowest BCUT2D eigenvalue weighted by atomic mass is 10.2. The van der Waals surface area contributed by atoms with Crippen molar-refractivity contribution in [3.8, 4) is 35.0 Å². The molecule has 6 nitrogen and oxygen atoms in total. The molecule has 0 saturated heterocycles. The monoisotopic (exact) mass is 437 g/mol. The van der Waals surface area contributed by atoms with Crippen molar-refractivity contribution >= 4 is 0 Å². The summed E-state index contributed by atoms with van der Waals surface area (Å²) in [5.41, 5.74) is 1.87. The molecule has 0 aliphatic heterocycles. The Morgan fingerprint density at radius 3 is 2.50 bits per heavy atom. The van der Waals surface area contributed by atoms with Crippen molar-refractivity contribution in [3.63, 3.8) is 0 Å². The fourth-order valence-electron chi connectivity index (χ4n) is 3.42. The Bertz CT molecular complexity index is 1300. The van der Waals surface area contributed by atoms with Gasteiger partial charge in [0, 0.05) is 18.1 Å². The molecule has 2 heterocycles. The summed E-state index contributed by atoms with van der Waals surface area (Å²) in [6, 6.07) is 14.2. The van der Waals surface area contributed by atoms with E-state index in [2.05, 4.69) is 16.0 Å². The highest BCUT2D eigenvalue weighted by atomic mass is 19.4. The fraction of sp³-hybridized carbons (Fsp3) is 0.174. The first-order valence-corrected chi connectivity index (χ1v) is 9.77. The summed E-state index contributed by atoms with van der Waals surface area (Å²) in [5, 5.41) is 9.02. The van der Waals surface area contributed by atoms with Gasteiger partial charge in [0.05, 0.1) is 35.2 Å². The van der Waals surface area contributed by atoms with E-state index in [-0.39, 0.29) is 11.7 Å². The molecule has 9 heteroatoms. The zero-order chi connectivity index (χ0) is 22.9. The van der Waals surface area contributed by atoms with E-state index in [4.69, 9.17) is 10.00 Å². The van der Waals surface area contributed by atoms with Crippen LogP contribution in [0.15, 0.2) is 60.9 Å². The predicted molar refractivity (Wildman–Crippen MR) is 112 cm³/mol. The second-order valence-corrected chi connectivity index (χ2v) is 6.92. The van der Waals surface area contributed by atoms with Gasteiger partial charge in [-0.15, -0.1) is 0 Å². The maximum atomic E-state index is 13.3. The van der Waals surface area contributed by atoms with Gasteiger partial charge in [-0.2, -0.15) is 23.4 Å². The van der Waals surface area contributed by atoms with Crippen LogP contribution < -0.4 is 4.74 Å². The maximum Gasteiger partial charge on any atom is 0.416 e. The first kappa shape index (κ1) is 21.2. The van der Waals surface area contributed by atoms with Crippen LogP contribution in [0.2, 0.25) is 0 Å². The Labute approximate surface area is 182 Å². The Morgan fingerprint density at radius 1 is 1.09 bits per heavy atom. The Kier molecular flexibility index (Phi) is 5.45. The van der Waals surface area contributed by atoms with E-state index in [1.165, 1.54) is 6.07 Å². The molecule has 0 bridgehead atoms. The number of ether oxygens (including phenoxy) is 1. The number of nitrogens with zero attached hydrogens (tertiary/aromatic N) is 5. The van der Waals surface area contributed by atoms with Crippen LogP contribution in [0.4, 0.5) is 13.2 Å². The molecule has 0 unspecified atom stereocenters. The van der Waals surface area contributed by atoms with Gasteiger partial charge in [-0.05, 0) is 56.3 Å². The predicted octanol–water partition coefficient (Wildman–Crippen LogP) is 5.32. The summed E-state index contributed by atoms with van der Waals surface area (Å²) in [7, 11) is 0. The standard InChI is InChI=1S/C23H18F3N5O/c1-3-32-22-29-20(15(2)31(22)19-6-4-5-17(13-19)23(24,25)26)21-28-11-12-30(21)18-9-7-16(14-27)8-10-18/h4-13H,3H2,1-2H3. The summed E-state index contributed by atoms with van der Waals surface area (Å²) >= 11 is 0. The number of hydrogen-bond acceptors (Lipinski definition) is 4. The molecule has 0 fully saturated rings. The van der Waals surface area contributed by atoms with E-state index >= 15 is 0 Å². The highest BCUT2D eigenvalue weighted by Gasteiger charge is 2.31. The SMILES string of the molecule is CCOc1nc(-c2nccn2-c2ccc(C#N)cc2)c(C)n1-c1cccc(C(F)(F)F)c1. The molecule has 0 radical (unpaired) electrons. The quantitative estimate of drug-likeness (QED) is 0.424. The number of benzene rings is 2. The van der Waals surface area contributed by atoms with E-state index in [0.29, 0.717) is 29.4 Å². The number of imidazole rings is 2. The van der Waals surface area contributed by atoms with Crippen molar-refractivity contribution in [3.05, 3.63) is 77.7 Å². The number of halogens is 3. The van der Waals surface area contributed by atoms with Gasteiger partial charge in [0.2, 0.25) is 0 Å². The zero-order valence-corrected chi connectivity index (χ0v) is 17.3. The second kappa shape index (κ2) is 8.23. The summed E-state index contributed by atoms with van der Waals surface area (Å²) in [5.74, 6) is 0.499. The molecule has 0 atom stereocenters. The Morgan fingerprint density at radius 2 is 1.84 bits per heavy atom. The molecular weight excluding hydrogens is 419 g/mol. The molecule has 2 aromatic carbocycles. The van der Waals surface area contributed by atoms with Gasteiger partial charge in [-0.25, -0.2) is 4.98 Å². The highest BCUT2D eigenvalue weighted by Crippen LogP contribution is 2.34. The van der Waals surface area contributed by atoms with Crippen LogP contribution >= 0.6 is 0 Å². The topological polar surface area (TPSA) is 68.7 Å². The molecule has 162 valence electrons. The van der Waals surface area contributed by atoms with Crippen molar-refractivity contribution in [1.82, 2.24) is 19.1 Å². The fourth-order valence-corrected chi connectivity index (χ4v) is 3.42. The van der Waals surface area contributed by atoms with Gasteiger partial charge in [0.15, 0.2) is 5.82 Å². The third-order valence-electron chi connectivity index (χ3n) is 4.91. The van der Waals surface area contributed by atoms with E-state index in [0.717, 1.165) is 17.8 Å². The van der Waals surface area contributed by atoms with Gasteiger partial charge in [-0.3, -0.25) is 9.13 Å². The summed E-state index contributed by atoms with van der Waals surface area (Å²) in [6.45, 7) is 3.82. The molecule has 0 amide bonds. The molecule has 4 aromatic rings. The van der Waals surface area contributed by atoms with E-state index in [1.807, 2.05) is 0 Å².